The number of nitrogens with two attached hydrogens (primary N) is 2. The number of nitrogens with zero attached hydrogens (tertiary/aromatic N) is 1. The Bertz CT molecular complexity index is 381. The third-order valence-corrected chi connectivity index (χ3v) is 3.24. The van der Waals surface area contributed by atoms with Crippen molar-refractivity contribution in [2.24, 2.45) is 5.73 Å². The fourth-order valence-electron chi connectivity index (χ4n) is 2.10. The second-order valence-electron chi connectivity index (χ2n) is 4.31. The molecule has 0 saturated carbocycles. The molecule has 0 radical (unpaired) electrons. The molecule has 88 valence electrons. The molecule has 1 heterocycles. The summed E-state index contributed by atoms with van der Waals surface area (Å²) in [5, 5.41) is 0. The zero-order valence-corrected chi connectivity index (χ0v) is 9.81. The Morgan fingerprint density at radius 3 is 2.88 bits per heavy atom. The number of ether oxygens (including phenoxy) is 1. The number of likely N-dealkylation sites (N-methyl/N-ethyl adjacent to an activating group) is 1. The van der Waals surface area contributed by atoms with E-state index >= 15 is 0 Å². The summed E-state index contributed by atoms with van der Waals surface area (Å²) in [6.45, 7) is 2.79. The minimum absolute atomic E-state index is 0.158. The Kier molecular flexibility index (Phi) is 2.92. The van der Waals surface area contributed by atoms with E-state index in [9.17, 15) is 0 Å². The fourth-order valence-corrected chi connectivity index (χ4v) is 2.10. The predicted octanol–water partition coefficient (Wildman–Crippen LogP) is 1.20. The molecule has 0 amide bonds. The van der Waals surface area contributed by atoms with Crippen LogP contribution in [0.1, 0.15) is 13.3 Å². The minimum atomic E-state index is 0.158. The van der Waals surface area contributed by atoms with Crippen molar-refractivity contribution < 1.29 is 4.74 Å². The van der Waals surface area contributed by atoms with E-state index < -0.39 is 0 Å². The molecule has 0 bridgehead atoms. The average molecular weight is 221 g/mol. The molecule has 0 aromatic heterocycles. The summed E-state index contributed by atoms with van der Waals surface area (Å²) < 4.78 is 5.93. The van der Waals surface area contributed by atoms with Crippen molar-refractivity contribution in [3.05, 3.63) is 18.2 Å². The van der Waals surface area contributed by atoms with Crippen LogP contribution in [0.25, 0.3) is 0 Å². The van der Waals surface area contributed by atoms with Crippen LogP contribution in [-0.2, 0) is 0 Å². The van der Waals surface area contributed by atoms with E-state index in [1.807, 2.05) is 18.2 Å². The highest BCUT2D eigenvalue weighted by atomic mass is 16.5. The fraction of sp³-hybridized carbons (Fsp3) is 0.500. The molecule has 1 aliphatic rings. The maximum Gasteiger partial charge on any atom is 0.143 e. The van der Waals surface area contributed by atoms with Gasteiger partial charge in [-0.15, -0.1) is 0 Å². The lowest BCUT2D eigenvalue weighted by molar-refractivity contribution is 0.154. The number of nitrogen functional groups attached to an aromatic ring is 1. The summed E-state index contributed by atoms with van der Waals surface area (Å²) in [5.41, 5.74) is 13.2. The average Bonchev–Trinajstić information content (AvgIpc) is 2.27. The van der Waals surface area contributed by atoms with Gasteiger partial charge in [0.15, 0.2) is 0 Å². The normalized spacial score (nSPS) is 23.8. The van der Waals surface area contributed by atoms with Crippen molar-refractivity contribution in [2.45, 2.75) is 25.5 Å². The lowest BCUT2D eigenvalue weighted by Crippen LogP contribution is -2.46. The zero-order valence-electron chi connectivity index (χ0n) is 9.81. The summed E-state index contributed by atoms with van der Waals surface area (Å²) in [6.07, 6.45) is 1.03. The highest BCUT2D eigenvalue weighted by molar-refractivity contribution is 5.66. The Balaban J connectivity index is 2.32. The number of anilines is 2. The molecule has 2 rings (SSSR count). The van der Waals surface area contributed by atoms with Crippen molar-refractivity contribution >= 4 is 11.4 Å². The standard InChI is InChI=1S/C12H19N3O/c1-8-11(5-6-13)16-12-4-3-9(14)7-10(12)15(8)2/h3-4,7-8,11H,5-6,13-14H2,1-2H3. The van der Waals surface area contributed by atoms with Gasteiger partial charge < -0.3 is 21.1 Å². The molecular weight excluding hydrogens is 202 g/mol. The molecule has 2 atom stereocenters. The maximum atomic E-state index is 5.93. The number of hydrogen-bond donors (Lipinski definition) is 2. The molecular formula is C12H19N3O. The van der Waals surface area contributed by atoms with E-state index in [-0.39, 0.29) is 6.10 Å². The molecule has 1 aromatic carbocycles. The summed E-state index contributed by atoms with van der Waals surface area (Å²) in [4.78, 5) is 2.20. The van der Waals surface area contributed by atoms with Crippen LogP contribution in [0.4, 0.5) is 11.4 Å². The molecule has 1 aliphatic heterocycles. The molecule has 0 spiro atoms. The van der Waals surface area contributed by atoms with Gasteiger partial charge in [0.05, 0.1) is 11.7 Å². The van der Waals surface area contributed by atoms with Gasteiger partial charge in [0.25, 0.3) is 0 Å². The van der Waals surface area contributed by atoms with E-state index in [0.29, 0.717) is 12.6 Å². The van der Waals surface area contributed by atoms with Crippen molar-refractivity contribution in [2.75, 3.05) is 24.2 Å². The van der Waals surface area contributed by atoms with Crippen LogP contribution in [0.3, 0.4) is 0 Å². The third-order valence-electron chi connectivity index (χ3n) is 3.24. The minimum Gasteiger partial charge on any atom is -0.486 e. The van der Waals surface area contributed by atoms with Crippen LogP contribution in [-0.4, -0.2) is 25.7 Å². The smallest absolute Gasteiger partial charge is 0.143 e. The lowest BCUT2D eigenvalue weighted by Gasteiger charge is -2.39. The Hall–Kier alpha value is -1.42. The van der Waals surface area contributed by atoms with Gasteiger partial charge >= 0.3 is 0 Å². The summed E-state index contributed by atoms with van der Waals surface area (Å²) in [6, 6.07) is 6.06. The van der Waals surface area contributed by atoms with Gasteiger partial charge in [0.2, 0.25) is 0 Å². The zero-order chi connectivity index (χ0) is 11.7. The topological polar surface area (TPSA) is 64.5 Å². The molecule has 4 heteroatoms. The van der Waals surface area contributed by atoms with Crippen molar-refractivity contribution in [1.82, 2.24) is 0 Å². The predicted molar refractivity (Wildman–Crippen MR) is 66.8 cm³/mol. The summed E-state index contributed by atoms with van der Waals surface area (Å²) >= 11 is 0. The van der Waals surface area contributed by atoms with E-state index in [0.717, 1.165) is 23.5 Å². The first-order valence-electron chi connectivity index (χ1n) is 5.62. The van der Waals surface area contributed by atoms with Gasteiger partial charge in [-0.3, -0.25) is 0 Å². The van der Waals surface area contributed by atoms with Crippen LogP contribution in [0.2, 0.25) is 0 Å². The molecule has 4 N–H and O–H groups in total. The SMILES string of the molecule is CC1C(CCN)Oc2ccc(N)cc2N1C. The largest absolute Gasteiger partial charge is 0.486 e. The van der Waals surface area contributed by atoms with Crippen LogP contribution >= 0.6 is 0 Å². The van der Waals surface area contributed by atoms with Crippen molar-refractivity contribution in [3.63, 3.8) is 0 Å². The first kappa shape index (κ1) is 11.1. The van der Waals surface area contributed by atoms with Crippen LogP contribution in [0.15, 0.2) is 18.2 Å². The first-order chi connectivity index (χ1) is 7.63. The van der Waals surface area contributed by atoms with Gasteiger partial charge in [0.1, 0.15) is 11.9 Å². The van der Waals surface area contributed by atoms with Crippen LogP contribution < -0.4 is 21.1 Å². The Morgan fingerprint density at radius 2 is 2.19 bits per heavy atom. The number of rotatable bonds is 2. The molecule has 0 aliphatic carbocycles. The second kappa shape index (κ2) is 4.22. The van der Waals surface area contributed by atoms with Crippen molar-refractivity contribution in [3.8, 4) is 5.75 Å². The molecule has 4 nitrogen and oxygen atoms in total. The highest BCUT2D eigenvalue weighted by Crippen LogP contribution is 2.37. The number of hydrogen-bond acceptors (Lipinski definition) is 4. The van der Waals surface area contributed by atoms with Gasteiger partial charge in [0, 0.05) is 12.7 Å². The quantitative estimate of drug-likeness (QED) is 0.737. The van der Waals surface area contributed by atoms with E-state index in [1.165, 1.54) is 0 Å². The molecule has 2 unspecified atom stereocenters. The first-order valence-corrected chi connectivity index (χ1v) is 5.62. The Labute approximate surface area is 96.2 Å². The van der Waals surface area contributed by atoms with Crippen LogP contribution in [0.5, 0.6) is 5.75 Å². The third kappa shape index (κ3) is 1.80. The van der Waals surface area contributed by atoms with E-state index in [1.54, 1.807) is 0 Å². The summed E-state index contributed by atoms with van der Waals surface area (Å²) in [7, 11) is 2.06. The van der Waals surface area contributed by atoms with E-state index in [4.69, 9.17) is 16.2 Å². The van der Waals surface area contributed by atoms with Gasteiger partial charge in [-0.1, -0.05) is 0 Å². The number of fused-ring (bicyclic) bond motifs is 1. The van der Waals surface area contributed by atoms with Gasteiger partial charge in [-0.25, -0.2) is 0 Å². The van der Waals surface area contributed by atoms with Crippen LogP contribution in [0, 0.1) is 0 Å². The second-order valence-corrected chi connectivity index (χ2v) is 4.31. The Morgan fingerprint density at radius 1 is 1.44 bits per heavy atom. The highest BCUT2D eigenvalue weighted by Gasteiger charge is 2.29. The molecule has 16 heavy (non-hydrogen) atoms. The summed E-state index contributed by atoms with van der Waals surface area (Å²) in [5.74, 6) is 0.897. The van der Waals surface area contributed by atoms with Crippen molar-refractivity contribution in [1.29, 1.82) is 0 Å². The molecule has 1 aromatic rings. The van der Waals surface area contributed by atoms with E-state index in [2.05, 4.69) is 18.9 Å². The molecule has 0 saturated heterocycles. The van der Waals surface area contributed by atoms with Gasteiger partial charge in [-0.2, -0.15) is 0 Å². The monoisotopic (exact) mass is 221 g/mol. The van der Waals surface area contributed by atoms with Gasteiger partial charge in [-0.05, 0) is 38.1 Å². The maximum absolute atomic E-state index is 5.93. The lowest BCUT2D eigenvalue weighted by atomic mass is 10.0. The number of benzene rings is 1. The molecule has 0 fully saturated rings.